The van der Waals surface area contributed by atoms with E-state index in [2.05, 4.69) is 5.32 Å². The summed E-state index contributed by atoms with van der Waals surface area (Å²) in [6, 6.07) is 12.8. The predicted molar refractivity (Wildman–Crippen MR) is 82.2 cm³/mol. The maximum atomic E-state index is 11.7. The highest BCUT2D eigenvalue weighted by Crippen LogP contribution is 2.16. The molecule has 0 radical (unpaired) electrons. The van der Waals surface area contributed by atoms with E-state index in [1.807, 2.05) is 0 Å². The van der Waals surface area contributed by atoms with Crippen molar-refractivity contribution in [2.45, 2.75) is 0 Å². The van der Waals surface area contributed by atoms with Crippen molar-refractivity contribution in [3.05, 3.63) is 75.3 Å². The smallest absolute Gasteiger partial charge is 0.270 e. The number of nitrogens with one attached hydrogen (secondary N) is 1. The fourth-order valence-corrected chi connectivity index (χ4v) is 1.85. The topological polar surface area (TPSA) is 72.2 Å². The number of hydrogen-bond donors (Lipinski definition) is 1. The van der Waals surface area contributed by atoms with E-state index in [1.54, 1.807) is 36.4 Å². The third-order valence-corrected chi connectivity index (χ3v) is 2.84. The van der Waals surface area contributed by atoms with Crippen LogP contribution in [0.25, 0.3) is 6.08 Å². The molecule has 6 heteroatoms. The summed E-state index contributed by atoms with van der Waals surface area (Å²) in [5, 5.41) is 13.8. The van der Waals surface area contributed by atoms with Crippen LogP contribution in [-0.4, -0.2) is 10.8 Å². The third-order valence-electron chi connectivity index (χ3n) is 2.60. The first-order chi connectivity index (χ1) is 10.0. The van der Waals surface area contributed by atoms with Crippen LogP contribution in [0.15, 0.2) is 54.6 Å². The molecule has 0 fully saturated rings. The molecule has 0 heterocycles. The van der Waals surface area contributed by atoms with E-state index in [4.69, 9.17) is 11.6 Å². The maximum absolute atomic E-state index is 11.7. The van der Waals surface area contributed by atoms with E-state index < -0.39 is 4.92 Å². The van der Waals surface area contributed by atoms with Gasteiger partial charge in [0.1, 0.15) is 0 Å². The highest BCUT2D eigenvalue weighted by molar-refractivity contribution is 6.30. The molecule has 0 spiro atoms. The van der Waals surface area contributed by atoms with Gasteiger partial charge in [-0.1, -0.05) is 29.8 Å². The number of rotatable bonds is 4. The second-order valence-corrected chi connectivity index (χ2v) is 4.62. The standard InChI is InChI=1S/C15H11ClN2O3/c16-12-4-2-5-13(10-12)17-15(19)8-7-11-3-1-6-14(9-11)18(20)21/h1-10H,(H,17,19)/b8-7-. The van der Waals surface area contributed by atoms with Crippen molar-refractivity contribution in [2.75, 3.05) is 5.32 Å². The van der Waals surface area contributed by atoms with Crippen LogP contribution in [0.4, 0.5) is 11.4 Å². The summed E-state index contributed by atoms with van der Waals surface area (Å²) in [4.78, 5) is 21.9. The van der Waals surface area contributed by atoms with Crippen molar-refractivity contribution in [1.29, 1.82) is 0 Å². The molecule has 0 unspecified atom stereocenters. The predicted octanol–water partition coefficient (Wildman–Crippen LogP) is 3.90. The average Bonchev–Trinajstić information content (AvgIpc) is 2.45. The van der Waals surface area contributed by atoms with Crippen LogP contribution in [0.2, 0.25) is 5.02 Å². The first kappa shape index (κ1) is 14.7. The molecule has 5 nitrogen and oxygen atoms in total. The molecule has 1 amide bonds. The van der Waals surface area contributed by atoms with E-state index in [0.717, 1.165) is 0 Å². The largest absolute Gasteiger partial charge is 0.322 e. The molecule has 0 saturated carbocycles. The minimum absolute atomic E-state index is 0.0209. The summed E-state index contributed by atoms with van der Waals surface area (Å²) >= 11 is 5.82. The lowest BCUT2D eigenvalue weighted by Gasteiger charge is -2.02. The van der Waals surface area contributed by atoms with Crippen LogP contribution in [0.5, 0.6) is 0 Å². The Balaban J connectivity index is 2.05. The van der Waals surface area contributed by atoms with Gasteiger partial charge < -0.3 is 5.32 Å². The van der Waals surface area contributed by atoms with Gasteiger partial charge in [0.25, 0.3) is 5.69 Å². The van der Waals surface area contributed by atoms with E-state index in [0.29, 0.717) is 16.3 Å². The summed E-state index contributed by atoms with van der Waals surface area (Å²) in [5.41, 5.74) is 1.13. The van der Waals surface area contributed by atoms with E-state index in [-0.39, 0.29) is 11.6 Å². The van der Waals surface area contributed by atoms with Crippen molar-refractivity contribution < 1.29 is 9.72 Å². The SMILES string of the molecule is O=C(/C=C\c1cccc([N+](=O)[O-])c1)Nc1cccc(Cl)c1. The highest BCUT2D eigenvalue weighted by Gasteiger charge is 2.04. The molecular weight excluding hydrogens is 292 g/mol. The van der Waals surface area contributed by atoms with Gasteiger partial charge in [-0.25, -0.2) is 0 Å². The molecule has 0 aliphatic rings. The van der Waals surface area contributed by atoms with Crippen LogP contribution >= 0.6 is 11.6 Å². The summed E-state index contributed by atoms with van der Waals surface area (Å²) in [7, 11) is 0. The van der Waals surface area contributed by atoms with Gasteiger partial charge in [0.05, 0.1) is 4.92 Å². The highest BCUT2D eigenvalue weighted by atomic mass is 35.5. The van der Waals surface area contributed by atoms with E-state index >= 15 is 0 Å². The van der Waals surface area contributed by atoms with Gasteiger partial charge in [-0.3, -0.25) is 14.9 Å². The maximum Gasteiger partial charge on any atom is 0.270 e. The molecule has 2 rings (SSSR count). The number of hydrogen-bond acceptors (Lipinski definition) is 3. The van der Waals surface area contributed by atoms with Gasteiger partial charge in [0.2, 0.25) is 5.91 Å². The number of anilines is 1. The Morgan fingerprint density at radius 1 is 1.19 bits per heavy atom. The molecule has 2 aromatic carbocycles. The van der Waals surface area contributed by atoms with Crippen LogP contribution < -0.4 is 5.32 Å². The number of halogens is 1. The molecule has 2 aromatic rings. The van der Waals surface area contributed by atoms with Gasteiger partial charge in [-0.2, -0.15) is 0 Å². The van der Waals surface area contributed by atoms with Crippen LogP contribution in [-0.2, 0) is 4.79 Å². The zero-order valence-corrected chi connectivity index (χ0v) is 11.6. The molecule has 1 N–H and O–H groups in total. The minimum Gasteiger partial charge on any atom is -0.322 e. The van der Waals surface area contributed by atoms with Crippen LogP contribution in [0.1, 0.15) is 5.56 Å². The minimum atomic E-state index is -0.483. The van der Waals surface area contributed by atoms with Crippen LogP contribution in [0, 0.1) is 10.1 Å². The molecule has 0 atom stereocenters. The number of non-ortho nitro benzene ring substituents is 1. The molecule has 0 bridgehead atoms. The second kappa shape index (κ2) is 6.67. The Bertz CT molecular complexity index is 714. The van der Waals surface area contributed by atoms with Gasteiger partial charge in [0.15, 0.2) is 0 Å². The van der Waals surface area contributed by atoms with Gasteiger partial charge >= 0.3 is 0 Å². The number of benzene rings is 2. The number of nitro benzene ring substituents is 1. The van der Waals surface area contributed by atoms with E-state index in [9.17, 15) is 14.9 Å². The van der Waals surface area contributed by atoms with E-state index in [1.165, 1.54) is 24.3 Å². The lowest BCUT2D eigenvalue weighted by atomic mass is 10.2. The Kier molecular flexibility index (Phi) is 4.68. The van der Waals surface area contributed by atoms with Crippen LogP contribution in [0.3, 0.4) is 0 Å². The zero-order chi connectivity index (χ0) is 15.2. The zero-order valence-electron chi connectivity index (χ0n) is 10.8. The van der Waals surface area contributed by atoms with Gasteiger partial charge in [0, 0.05) is 28.9 Å². The summed E-state index contributed by atoms with van der Waals surface area (Å²) < 4.78 is 0. The van der Waals surface area contributed by atoms with Gasteiger partial charge in [-0.05, 0) is 29.8 Å². The van der Waals surface area contributed by atoms with Crippen molar-refractivity contribution in [2.24, 2.45) is 0 Å². The van der Waals surface area contributed by atoms with Crippen molar-refractivity contribution >= 4 is 35.0 Å². The quantitative estimate of drug-likeness (QED) is 0.529. The Hall–Kier alpha value is -2.66. The van der Waals surface area contributed by atoms with Crippen molar-refractivity contribution in [3.63, 3.8) is 0 Å². The third kappa shape index (κ3) is 4.43. The van der Waals surface area contributed by atoms with Gasteiger partial charge in [-0.15, -0.1) is 0 Å². The fraction of sp³-hybridized carbons (Fsp3) is 0. The normalized spacial score (nSPS) is 10.5. The summed E-state index contributed by atoms with van der Waals surface area (Å²) in [6.45, 7) is 0. The molecule has 0 aliphatic heterocycles. The Morgan fingerprint density at radius 3 is 2.67 bits per heavy atom. The number of amides is 1. The summed E-state index contributed by atoms with van der Waals surface area (Å²) in [5.74, 6) is -0.344. The molecule has 0 aliphatic carbocycles. The molecule has 0 saturated heterocycles. The van der Waals surface area contributed by atoms with Crippen molar-refractivity contribution in [1.82, 2.24) is 0 Å². The number of carbonyl (C=O) groups is 1. The fourth-order valence-electron chi connectivity index (χ4n) is 1.66. The van der Waals surface area contributed by atoms with Crippen molar-refractivity contribution in [3.8, 4) is 0 Å². The lowest BCUT2D eigenvalue weighted by molar-refractivity contribution is -0.384. The summed E-state index contributed by atoms with van der Waals surface area (Å²) in [6.07, 6.45) is 2.81. The first-order valence-electron chi connectivity index (χ1n) is 6.04. The molecular formula is C15H11ClN2O3. The molecule has 21 heavy (non-hydrogen) atoms. The monoisotopic (exact) mass is 302 g/mol. The second-order valence-electron chi connectivity index (χ2n) is 4.19. The molecule has 0 aromatic heterocycles. The number of carbonyl (C=O) groups excluding carboxylic acids is 1. The number of nitro groups is 1. The lowest BCUT2D eigenvalue weighted by Crippen LogP contribution is -2.07. The average molecular weight is 303 g/mol. The molecule has 106 valence electrons. The number of nitrogens with zero attached hydrogens (tertiary/aromatic N) is 1. The first-order valence-corrected chi connectivity index (χ1v) is 6.41. The Morgan fingerprint density at radius 2 is 1.95 bits per heavy atom. The Labute approximate surface area is 126 Å².